The van der Waals surface area contributed by atoms with Crippen LogP contribution in [0.2, 0.25) is 0 Å². The van der Waals surface area contributed by atoms with Crippen LogP contribution >= 0.6 is 0 Å². The van der Waals surface area contributed by atoms with Crippen LogP contribution in [-0.2, 0) is 0 Å². The van der Waals surface area contributed by atoms with Crippen molar-refractivity contribution in [3.05, 3.63) is 12.1 Å². The number of rotatable bonds is 4. The van der Waals surface area contributed by atoms with Crippen LogP contribution in [0.5, 0.6) is 5.75 Å². The van der Waals surface area contributed by atoms with Crippen molar-refractivity contribution in [2.45, 2.75) is 13.3 Å². The van der Waals surface area contributed by atoms with E-state index in [1.165, 1.54) is 0 Å². The first-order chi connectivity index (χ1) is 6.27. The van der Waals surface area contributed by atoms with Gasteiger partial charge in [0.2, 0.25) is 0 Å². The van der Waals surface area contributed by atoms with Gasteiger partial charge in [-0.15, -0.1) is 0 Å². The zero-order valence-corrected chi connectivity index (χ0v) is 8.00. The number of nitrogens with zero attached hydrogens (tertiary/aromatic N) is 1. The fourth-order valence-electron chi connectivity index (χ4n) is 0.969. The van der Waals surface area contributed by atoms with Crippen molar-refractivity contribution in [3.8, 4) is 5.75 Å². The molecule has 72 valence electrons. The van der Waals surface area contributed by atoms with Gasteiger partial charge in [-0.2, -0.15) is 0 Å². The van der Waals surface area contributed by atoms with E-state index in [1.807, 2.05) is 6.07 Å². The molecular formula is C9H15N3O. The van der Waals surface area contributed by atoms with E-state index in [9.17, 15) is 0 Å². The minimum atomic E-state index is 0.494. The number of aromatic nitrogens is 1. The third-order valence-electron chi connectivity index (χ3n) is 1.58. The molecule has 0 aliphatic carbocycles. The molecule has 0 amide bonds. The van der Waals surface area contributed by atoms with Crippen LogP contribution in [0.3, 0.4) is 0 Å². The maximum atomic E-state index is 5.53. The first-order valence-corrected chi connectivity index (χ1v) is 4.35. The van der Waals surface area contributed by atoms with Gasteiger partial charge in [0.05, 0.1) is 6.61 Å². The molecule has 0 aliphatic heterocycles. The summed E-state index contributed by atoms with van der Waals surface area (Å²) in [6, 6.07) is 3.55. The first-order valence-electron chi connectivity index (χ1n) is 4.35. The molecule has 0 radical (unpaired) electrons. The molecule has 0 spiro atoms. The van der Waals surface area contributed by atoms with Crippen molar-refractivity contribution < 1.29 is 4.74 Å². The Kier molecular flexibility index (Phi) is 3.37. The maximum Gasteiger partial charge on any atom is 0.170 e. The fourth-order valence-corrected chi connectivity index (χ4v) is 0.969. The third kappa shape index (κ3) is 2.50. The van der Waals surface area contributed by atoms with Crippen molar-refractivity contribution in [2.75, 3.05) is 24.7 Å². The SMILES string of the molecule is CCCOc1ccc(N)nc1NC. The van der Waals surface area contributed by atoms with Crippen molar-refractivity contribution in [1.82, 2.24) is 4.98 Å². The van der Waals surface area contributed by atoms with Crippen LogP contribution < -0.4 is 15.8 Å². The van der Waals surface area contributed by atoms with Gasteiger partial charge in [-0.3, -0.25) is 0 Å². The average molecular weight is 181 g/mol. The average Bonchev–Trinajstić information content (AvgIpc) is 2.16. The van der Waals surface area contributed by atoms with Gasteiger partial charge in [-0.1, -0.05) is 6.92 Å². The molecule has 0 aromatic carbocycles. The van der Waals surface area contributed by atoms with E-state index in [1.54, 1.807) is 13.1 Å². The molecular weight excluding hydrogens is 166 g/mol. The number of nitrogen functional groups attached to an aromatic ring is 1. The molecule has 1 rings (SSSR count). The fraction of sp³-hybridized carbons (Fsp3) is 0.444. The summed E-state index contributed by atoms with van der Waals surface area (Å²) in [4.78, 5) is 4.09. The summed E-state index contributed by atoms with van der Waals surface area (Å²) in [5, 5.41) is 2.93. The lowest BCUT2D eigenvalue weighted by atomic mass is 10.4. The Morgan fingerprint density at radius 2 is 2.31 bits per heavy atom. The lowest BCUT2D eigenvalue weighted by Gasteiger charge is -2.09. The number of hydrogen-bond donors (Lipinski definition) is 2. The lowest BCUT2D eigenvalue weighted by Crippen LogP contribution is -2.02. The predicted molar refractivity (Wildman–Crippen MR) is 54.0 cm³/mol. The second-order valence-corrected chi connectivity index (χ2v) is 2.68. The van der Waals surface area contributed by atoms with E-state index in [2.05, 4.69) is 17.2 Å². The number of ether oxygens (including phenoxy) is 1. The highest BCUT2D eigenvalue weighted by molar-refractivity contribution is 5.53. The highest BCUT2D eigenvalue weighted by atomic mass is 16.5. The summed E-state index contributed by atoms with van der Waals surface area (Å²) in [6.07, 6.45) is 0.980. The molecule has 1 aromatic rings. The van der Waals surface area contributed by atoms with Gasteiger partial charge in [0, 0.05) is 7.05 Å². The Bertz CT molecular complexity index is 276. The normalized spacial score (nSPS) is 9.69. The van der Waals surface area contributed by atoms with Gasteiger partial charge >= 0.3 is 0 Å². The highest BCUT2D eigenvalue weighted by Crippen LogP contribution is 2.22. The molecule has 4 heteroatoms. The summed E-state index contributed by atoms with van der Waals surface area (Å²) in [6.45, 7) is 2.75. The Morgan fingerprint density at radius 3 is 2.92 bits per heavy atom. The smallest absolute Gasteiger partial charge is 0.170 e. The van der Waals surface area contributed by atoms with E-state index < -0.39 is 0 Å². The molecule has 4 nitrogen and oxygen atoms in total. The summed E-state index contributed by atoms with van der Waals surface area (Å²) in [5.41, 5.74) is 5.53. The van der Waals surface area contributed by atoms with E-state index >= 15 is 0 Å². The molecule has 0 aliphatic rings. The van der Waals surface area contributed by atoms with E-state index in [0.29, 0.717) is 18.2 Å². The summed E-state index contributed by atoms with van der Waals surface area (Å²) in [5.74, 6) is 1.93. The van der Waals surface area contributed by atoms with Crippen LogP contribution in [-0.4, -0.2) is 18.6 Å². The number of nitrogens with two attached hydrogens (primary N) is 1. The maximum absolute atomic E-state index is 5.53. The first kappa shape index (κ1) is 9.64. The second-order valence-electron chi connectivity index (χ2n) is 2.68. The molecule has 3 N–H and O–H groups in total. The quantitative estimate of drug-likeness (QED) is 0.738. The second kappa shape index (κ2) is 4.54. The number of pyridine rings is 1. The van der Waals surface area contributed by atoms with Gasteiger partial charge in [0.15, 0.2) is 11.6 Å². The zero-order chi connectivity index (χ0) is 9.68. The zero-order valence-electron chi connectivity index (χ0n) is 8.00. The Labute approximate surface area is 78.1 Å². The monoisotopic (exact) mass is 181 g/mol. The van der Waals surface area contributed by atoms with Gasteiger partial charge in [-0.25, -0.2) is 4.98 Å². The molecule has 0 saturated heterocycles. The van der Waals surface area contributed by atoms with Crippen LogP contribution in [0, 0.1) is 0 Å². The molecule has 0 fully saturated rings. The number of anilines is 2. The van der Waals surface area contributed by atoms with Crippen molar-refractivity contribution in [1.29, 1.82) is 0 Å². The molecule has 0 atom stereocenters. The minimum absolute atomic E-state index is 0.494. The van der Waals surface area contributed by atoms with Crippen molar-refractivity contribution in [3.63, 3.8) is 0 Å². The number of nitrogens with one attached hydrogen (secondary N) is 1. The summed E-state index contributed by atoms with van der Waals surface area (Å²) < 4.78 is 5.45. The van der Waals surface area contributed by atoms with Crippen LogP contribution in [0.4, 0.5) is 11.6 Å². The largest absolute Gasteiger partial charge is 0.490 e. The van der Waals surface area contributed by atoms with E-state index in [0.717, 1.165) is 12.2 Å². The van der Waals surface area contributed by atoms with Gasteiger partial charge in [0.25, 0.3) is 0 Å². The Hall–Kier alpha value is -1.45. The van der Waals surface area contributed by atoms with Crippen LogP contribution in [0.15, 0.2) is 12.1 Å². The van der Waals surface area contributed by atoms with Crippen molar-refractivity contribution in [2.24, 2.45) is 0 Å². The molecule has 1 aromatic heterocycles. The minimum Gasteiger partial charge on any atom is -0.490 e. The van der Waals surface area contributed by atoms with Gasteiger partial charge in [-0.05, 0) is 18.6 Å². The third-order valence-corrected chi connectivity index (χ3v) is 1.58. The van der Waals surface area contributed by atoms with Gasteiger partial charge in [0.1, 0.15) is 5.82 Å². The Morgan fingerprint density at radius 1 is 1.54 bits per heavy atom. The molecule has 13 heavy (non-hydrogen) atoms. The predicted octanol–water partition coefficient (Wildman–Crippen LogP) is 1.49. The standard InChI is InChI=1S/C9H15N3O/c1-3-6-13-7-4-5-8(10)12-9(7)11-2/h4-5H,3,6H2,1-2H3,(H3,10,11,12). The summed E-state index contributed by atoms with van der Waals surface area (Å²) in [7, 11) is 1.79. The lowest BCUT2D eigenvalue weighted by molar-refractivity contribution is 0.318. The van der Waals surface area contributed by atoms with Crippen molar-refractivity contribution >= 4 is 11.6 Å². The van der Waals surface area contributed by atoms with Gasteiger partial charge < -0.3 is 15.8 Å². The topological polar surface area (TPSA) is 60.2 Å². The summed E-state index contributed by atoms with van der Waals surface area (Å²) >= 11 is 0. The van der Waals surface area contributed by atoms with Crippen LogP contribution in [0.1, 0.15) is 13.3 Å². The van der Waals surface area contributed by atoms with E-state index in [-0.39, 0.29) is 0 Å². The molecule has 0 bridgehead atoms. The molecule has 0 saturated carbocycles. The van der Waals surface area contributed by atoms with E-state index in [4.69, 9.17) is 10.5 Å². The molecule has 1 heterocycles. The highest BCUT2D eigenvalue weighted by Gasteiger charge is 2.02. The number of hydrogen-bond acceptors (Lipinski definition) is 4. The Balaban J connectivity index is 2.79. The molecule has 0 unspecified atom stereocenters. The van der Waals surface area contributed by atoms with Crippen LogP contribution in [0.25, 0.3) is 0 Å².